The van der Waals surface area contributed by atoms with Crippen LogP contribution in [0, 0.1) is 0 Å². The summed E-state index contributed by atoms with van der Waals surface area (Å²) in [6, 6.07) is 11.8. The Morgan fingerprint density at radius 3 is 2.60 bits per heavy atom. The minimum Gasteiger partial charge on any atom is -0.507 e. The molecule has 6 nitrogen and oxygen atoms in total. The van der Waals surface area contributed by atoms with Crippen LogP contribution in [0.5, 0.6) is 17.2 Å². The highest BCUT2D eigenvalue weighted by Gasteiger charge is 2.14. The first-order valence-electron chi connectivity index (χ1n) is 7.39. The van der Waals surface area contributed by atoms with E-state index in [-0.39, 0.29) is 11.3 Å². The van der Waals surface area contributed by atoms with Gasteiger partial charge in [-0.3, -0.25) is 10.1 Å². The van der Waals surface area contributed by atoms with E-state index in [9.17, 15) is 9.90 Å². The summed E-state index contributed by atoms with van der Waals surface area (Å²) in [7, 11) is 3.15. The van der Waals surface area contributed by atoms with E-state index in [1.165, 1.54) is 17.4 Å². The Labute approximate surface area is 148 Å². The molecule has 0 radical (unpaired) electrons. The van der Waals surface area contributed by atoms with Crippen molar-refractivity contribution < 1.29 is 19.4 Å². The van der Waals surface area contributed by atoms with Gasteiger partial charge < -0.3 is 14.6 Å². The van der Waals surface area contributed by atoms with Crippen molar-refractivity contribution in [1.82, 2.24) is 4.98 Å². The zero-order chi connectivity index (χ0) is 17.8. The highest BCUT2D eigenvalue weighted by molar-refractivity contribution is 7.14. The van der Waals surface area contributed by atoms with Crippen molar-refractivity contribution in [3.8, 4) is 28.5 Å². The summed E-state index contributed by atoms with van der Waals surface area (Å²) in [5.74, 6) is 0.755. The Morgan fingerprint density at radius 2 is 1.88 bits per heavy atom. The molecule has 1 amide bonds. The monoisotopic (exact) mass is 356 g/mol. The van der Waals surface area contributed by atoms with Gasteiger partial charge in [-0.25, -0.2) is 4.98 Å². The van der Waals surface area contributed by atoms with Gasteiger partial charge in [0, 0.05) is 10.9 Å². The third-order valence-corrected chi connectivity index (χ3v) is 4.31. The van der Waals surface area contributed by atoms with Crippen molar-refractivity contribution in [3.05, 3.63) is 53.4 Å². The molecule has 0 atom stereocenters. The summed E-state index contributed by atoms with van der Waals surface area (Å²) in [5.41, 5.74) is 1.75. The molecular weight excluding hydrogens is 340 g/mol. The summed E-state index contributed by atoms with van der Waals surface area (Å²) in [5, 5.41) is 14.7. The molecule has 1 heterocycles. The normalized spacial score (nSPS) is 10.3. The van der Waals surface area contributed by atoms with E-state index in [0.29, 0.717) is 22.3 Å². The maximum absolute atomic E-state index is 12.2. The van der Waals surface area contributed by atoms with Crippen LogP contribution < -0.4 is 14.8 Å². The third-order valence-electron chi connectivity index (χ3n) is 3.55. The molecule has 3 aromatic rings. The minimum atomic E-state index is -0.411. The van der Waals surface area contributed by atoms with Gasteiger partial charge in [0.05, 0.1) is 25.5 Å². The molecule has 7 heteroatoms. The van der Waals surface area contributed by atoms with Crippen molar-refractivity contribution in [1.29, 1.82) is 0 Å². The smallest absolute Gasteiger partial charge is 0.261 e. The molecule has 0 spiro atoms. The van der Waals surface area contributed by atoms with Crippen LogP contribution in [0.1, 0.15) is 10.4 Å². The molecule has 0 aliphatic carbocycles. The minimum absolute atomic E-state index is 0.0725. The molecule has 0 unspecified atom stereocenters. The lowest BCUT2D eigenvalue weighted by atomic mass is 10.1. The molecule has 0 saturated carbocycles. The number of aromatic nitrogens is 1. The van der Waals surface area contributed by atoms with E-state index < -0.39 is 5.91 Å². The largest absolute Gasteiger partial charge is 0.507 e. The molecule has 0 aliphatic rings. The van der Waals surface area contributed by atoms with Crippen LogP contribution in [0.15, 0.2) is 47.8 Å². The zero-order valence-corrected chi connectivity index (χ0v) is 14.5. The van der Waals surface area contributed by atoms with Crippen LogP contribution in [-0.4, -0.2) is 30.2 Å². The van der Waals surface area contributed by atoms with E-state index in [4.69, 9.17) is 9.47 Å². The average Bonchev–Trinajstić information content (AvgIpc) is 3.09. The molecule has 0 bridgehead atoms. The highest BCUT2D eigenvalue weighted by atomic mass is 32.1. The quantitative estimate of drug-likeness (QED) is 0.727. The summed E-state index contributed by atoms with van der Waals surface area (Å²) < 4.78 is 10.5. The number of para-hydroxylation sites is 1. The first-order chi connectivity index (χ1) is 12.1. The Balaban J connectivity index is 1.81. The van der Waals surface area contributed by atoms with E-state index in [2.05, 4.69) is 10.3 Å². The zero-order valence-electron chi connectivity index (χ0n) is 13.6. The molecule has 128 valence electrons. The topological polar surface area (TPSA) is 80.7 Å². The number of amides is 1. The number of carbonyl (C=O) groups excluding carboxylic acids is 1. The van der Waals surface area contributed by atoms with Gasteiger partial charge in [0.1, 0.15) is 5.75 Å². The number of phenols is 1. The first-order valence-corrected chi connectivity index (χ1v) is 8.27. The van der Waals surface area contributed by atoms with Gasteiger partial charge in [0.15, 0.2) is 16.6 Å². The lowest BCUT2D eigenvalue weighted by molar-refractivity contribution is 0.102. The highest BCUT2D eigenvalue weighted by Crippen LogP contribution is 2.33. The van der Waals surface area contributed by atoms with Crippen LogP contribution in [0.2, 0.25) is 0 Å². The molecule has 2 N–H and O–H groups in total. The molecule has 3 rings (SSSR count). The molecular formula is C18H16N2O4S. The second kappa shape index (κ2) is 7.23. The number of carbonyl (C=O) groups is 1. The molecule has 2 aromatic carbocycles. The standard InChI is InChI=1S/C18H16N2O4S/c1-23-15-8-7-11(9-16(15)24-2)13-10-25-18(19-13)20-17(22)12-5-3-4-6-14(12)21/h3-10,21H,1-2H3,(H,19,20,22). The summed E-state index contributed by atoms with van der Waals surface area (Å²) >= 11 is 1.30. The van der Waals surface area contributed by atoms with Crippen molar-refractivity contribution >= 4 is 22.4 Å². The van der Waals surface area contributed by atoms with Gasteiger partial charge in [-0.1, -0.05) is 12.1 Å². The number of anilines is 1. The molecule has 0 saturated heterocycles. The number of aromatic hydroxyl groups is 1. The lowest BCUT2D eigenvalue weighted by Crippen LogP contribution is -2.11. The fraction of sp³-hybridized carbons (Fsp3) is 0.111. The first kappa shape index (κ1) is 16.8. The predicted molar refractivity (Wildman–Crippen MR) is 96.7 cm³/mol. The third kappa shape index (κ3) is 3.56. The number of nitrogens with zero attached hydrogens (tertiary/aromatic N) is 1. The SMILES string of the molecule is COc1ccc(-c2csc(NC(=O)c3ccccc3O)n2)cc1OC. The van der Waals surface area contributed by atoms with Crippen LogP contribution in [0.4, 0.5) is 5.13 Å². The number of phenolic OH excluding ortho intramolecular Hbond substituents is 1. The Kier molecular flexibility index (Phi) is 4.85. The maximum atomic E-state index is 12.2. The number of rotatable bonds is 5. The Morgan fingerprint density at radius 1 is 1.12 bits per heavy atom. The van der Waals surface area contributed by atoms with E-state index >= 15 is 0 Å². The van der Waals surface area contributed by atoms with Gasteiger partial charge in [0.25, 0.3) is 5.91 Å². The average molecular weight is 356 g/mol. The number of thiazole rings is 1. The van der Waals surface area contributed by atoms with E-state index in [0.717, 1.165) is 5.56 Å². The van der Waals surface area contributed by atoms with E-state index in [1.54, 1.807) is 38.5 Å². The van der Waals surface area contributed by atoms with Gasteiger partial charge in [-0.15, -0.1) is 11.3 Å². The summed E-state index contributed by atoms with van der Waals surface area (Å²) in [6.45, 7) is 0. The van der Waals surface area contributed by atoms with Crippen LogP contribution in [0.3, 0.4) is 0 Å². The van der Waals surface area contributed by atoms with Crippen molar-refractivity contribution in [2.45, 2.75) is 0 Å². The predicted octanol–water partition coefficient (Wildman–Crippen LogP) is 3.79. The van der Waals surface area contributed by atoms with Crippen molar-refractivity contribution in [2.24, 2.45) is 0 Å². The van der Waals surface area contributed by atoms with Crippen LogP contribution in [0.25, 0.3) is 11.3 Å². The fourth-order valence-corrected chi connectivity index (χ4v) is 3.00. The van der Waals surface area contributed by atoms with Gasteiger partial charge >= 0.3 is 0 Å². The molecule has 0 fully saturated rings. The van der Waals surface area contributed by atoms with E-state index in [1.807, 2.05) is 17.5 Å². The van der Waals surface area contributed by atoms with Crippen LogP contribution >= 0.6 is 11.3 Å². The number of benzene rings is 2. The van der Waals surface area contributed by atoms with Crippen LogP contribution in [-0.2, 0) is 0 Å². The number of ether oxygens (including phenoxy) is 2. The maximum Gasteiger partial charge on any atom is 0.261 e. The number of hydrogen-bond acceptors (Lipinski definition) is 6. The van der Waals surface area contributed by atoms with Gasteiger partial charge in [-0.05, 0) is 30.3 Å². The summed E-state index contributed by atoms with van der Waals surface area (Å²) in [4.78, 5) is 16.6. The Bertz CT molecular complexity index is 908. The molecule has 25 heavy (non-hydrogen) atoms. The summed E-state index contributed by atoms with van der Waals surface area (Å²) in [6.07, 6.45) is 0. The van der Waals surface area contributed by atoms with Crippen molar-refractivity contribution in [2.75, 3.05) is 19.5 Å². The number of hydrogen-bond donors (Lipinski definition) is 2. The number of nitrogens with one attached hydrogen (secondary N) is 1. The van der Waals surface area contributed by atoms with Gasteiger partial charge in [-0.2, -0.15) is 0 Å². The lowest BCUT2D eigenvalue weighted by Gasteiger charge is -2.08. The molecule has 1 aromatic heterocycles. The second-order valence-electron chi connectivity index (χ2n) is 5.08. The number of methoxy groups -OCH3 is 2. The fourth-order valence-electron chi connectivity index (χ4n) is 2.29. The Hall–Kier alpha value is -3.06. The van der Waals surface area contributed by atoms with Gasteiger partial charge in [0.2, 0.25) is 0 Å². The second-order valence-corrected chi connectivity index (χ2v) is 5.94. The van der Waals surface area contributed by atoms with Crippen molar-refractivity contribution in [3.63, 3.8) is 0 Å². The molecule has 0 aliphatic heterocycles.